The molecular weight excluding hydrogens is 453 g/mol. The van der Waals surface area contributed by atoms with Crippen LogP contribution in [0.15, 0.2) is 54.7 Å². The fourth-order valence-electron chi connectivity index (χ4n) is 3.72. The van der Waals surface area contributed by atoms with Crippen molar-refractivity contribution in [3.05, 3.63) is 70.5 Å². The molecule has 0 radical (unpaired) electrons. The number of ketones is 1. The zero-order valence-electron chi connectivity index (χ0n) is 17.1. The highest BCUT2D eigenvalue weighted by atomic mass is 35.5. The van der Waals surface area contributed by atoms with Crippen LogP contribution in [0.3, 0.4) is 0 Å². The van der Waals surface area contributed by atoms with Crippen LogP contribution in [0.25, 0.3) is 5.69 Å². The van der Waals surface area contributed by atoms with Gasteiger partial charge in [0.25, 0.3) is 0 Å². The zero-order valence-corrected chi connectivity index (χ0v) is 18.6. The number of carbonyl (C=O) groups excluding carboxylic acids is 3. The summed E-state index contributed by atoms with van der Waals surface area (Å²) in [5, 5.41) is 8.28. The molecule has 32 heavy (non-hydrogen) atoms. The van der Waals surface area contributed by atoms with Crippen molar-refractivity contribution in [3.8, 4) is 5.69 Å². The molecular formula is C22H19Cl2N5O3. The van der Waals surface area contributed by atoms with E-state index in [2.05, 4.69) is 10.3 Å². The number of piperazine rings is 1. The van der Waals surface area contributed by atoms with Crippen LogP contribution in [-0.2, 0) is 20.8 Å². The highest BCUT2D eigenvalue weighted by Gasteiger charge is 2.37. The van der Waals surface area contributed by atoms with E-state index >= 15 is 0 Å². The molecule has 2 heterocycles. The minimum absolute atomic E-state index is 0.177. The van der Waals surface area contributed by atoms with Crippen LogP contribution in [0.4, 0.5) is 5.69 Å². The van der Waals surface area contributed by atoms with Crippen LogP contribution >= 0.6 is 23.2 Å². The van der Waals surface area contributed by atoms with Gasteiger partial charge in [-0.1, -0.05) is 58.7 Å². The predicted octanol–water partition coefficient (Wildman–Crippen LogP) is 2.95. The van der Waals surface area contributed by atoms with E-state index in [0.29, 0.717) is 22.8 Å². The maximum absolute atomic E-state index is 13.1. The van der Waals surface area contributed by atoms with Gasteiger partial charge in [0.2, 0.25) is 11.8 Å². The first kappa shape index (κ1) is 22.0. The molecule has 0 spiro atoms. The molecule has 0 N–H and O–H groups in total. The lowest BCUT2D eigenvalue weighted by Gasteiger charge is -2.38. The first-order valence-electron chi connectivity index (χ1n) is 9.85. The summed E-state index contributed by atoms with van der Waals surface area (Å²) in [5.41, 5.74) is 1.81. The molecule has 10 heteroatoms. The summed E-state index contributed by atoms with van der Waals surface area (Å²) in [6.07, 6.45) is 1.83. The highest BCUT2D eigenvalue weighted by molar-refractivity contribution is 6.31. The molecule has 1 aliphatic heterocycles. The molecule has 3 aromatic rings. The van der Waals surface area contributed by atoms with E-state index in [1.807, 2.05) is 30.3 Å². The first-order chi connectivity index (χ1) is 15.3. The summed E-state index contributed by atoms with van der Waals surface area (Å²) >= 11 is 12.1. The number of benzene rings is 2. The minimum Gasteiger partial charge on any atom is -0.321 e. The maximum Gasteiger partial charge on any atom is 0.247 e. The van der Waals surface area contributed by atoms with Crippen molar-refractivity contribution in [3.63, 3.8) is 0 Å². The number of rotatable bonds is 6. The van der Waals surface area contributed by atoms with Gasteiger partial charge in [-0.2, -0.15) is 0 Å². The van der Waals surface area contributed by atoms with Gasteiger partial charge in [0.15, 0.2) is 10.9 Å². The Balaban J connectivity index is 1.62. The molecule has 1 aromatic heterocycles. The van der Waals surface area contributed by atoms with Gasteiger partial charge < -0.3 is 4.90 Å². The number of aromatic nitrogens is 3. The summed E-state index contributed by atoms with van der Waals surface area (Å²) in [7, 11) is 0. The summed E-state index contributed by atoms with van der Waals surface area (Å²) in [6, 6.07) is 13.6. The molecule has 1 unspecified atom stereocenters. The average Bonchev–Trinajstić information content (AvgIpc) is 3.20. The Labute approximate surface area is 194 Å². The van der Waals surface area contributed by atoms with E-state index in [-0.39, 0.29) is 35.8 Å². The Kier molecular flexibility index (Phi) is 6.25. The highest BCUT2D eigenvalue weighted by Crippen LogP contribution is 2.30. The Bertz CT molecular complexity index is 1180. The van der Waals surface area contributed by atoms with Crippen molar-refractivity contribution in [2.45, 2.75) is 19.4 Å². The third kappa shape index (κ3) is 4.51. The van der Waals surface area contributed by atoms with Crippen molar-refractivity contribution in [1.82, 2.24) is 19.9 Å². The quantitative estimate of drug-likeness (QED) is 0.551. The maximum atomic E-state index is 13.1. The average molecular weight is 472 g/mol. The van der Waals surface area contributed by atoms with E-state index < -0.39 is 6.04 Å². The number of hydrogen-bond donors (Lipinski definition) is 0. The second kappa shape index (κ2) is 9.10. The molecule has 4 rings (SSSR count). The monoisotopic (exact) mass is 471 g/mol. The summed E-state index contributed by atoms with van der Waals surface area (Å²) < 4.78 is 1.41. The molecule has 0 saturated carbocycles. The molecule has 1 fully saturated rings. The van der Waals surface area contributed by atoms with Gasteiger partial charge in [0, 0.05) is 5.02 Å². The van der Waals surface area contributed by atoms with Gasteiger partial charge in [-0.25, -0.2) is 4.68 Å². The lowest BCUT2D eigenvalue weighted by Crippen LogP contribution is -2.59. The van der Waals surface area contributed by atoms with Crippen LogP contribution in [-0.4, -0.2) is 56.6 Å². The van der Waals surface area contributed by atoms with E-state index in [4.69, 9.17) is 23.2 Å². The lowest BCUT2D eigenvalue weighted by molar-refractivity contribution is -0.144. The number of amides is 2. The third-order valence-electron chi connectivity index (χ3n) is 5.28. The Morgan fingerprint density at radius 2 is 1.78 bits per heavy atom. The fraction of sp³-hybridized carbons (Fsp3) is 0.227. The molecule has 1 atom stereocenters. The molecule has 1 saturated heterocycles. The summed E-state index contributed by atoms with van der Waals surface area (Å²) in [6.45, 7) is 0.981. The van der Waals surface area contributed by atoms with Crippen LogP contribution in [0.5, 0.6) is 0 Å². The number of anilines is 1. The number of nitrogens with zero attached hydrogens (tertiary/aromatic N) is 5. The first-order valence-corrected chi connectivity index (χ1v) is 10.6. The van der Waals surface area contributed by atoms with Crippen LogP contribution in [0, 0.1) is 0 Å². The third-order valence-corrected chi connectivity index (χ3v) is 5.69. The van der Waals surface area contributed by atoms with Gasteiger partial charge in [-0.05, 0) is 37.1 Å². The SMILES string of the molecule is CC(=O)C(Cc1ccccc1)N1CC(=O)N(c2cc(Cl)ccc2-n2cc(Cl)nn2)CC1=O. The van der Waals surface area contributed by atoms with Crippen molar-refractivity contribution >= 4 is 46.5 Å². The summed E-state index contributed by atoms with van der Waals surface area (Å²) in [4.78, 5) is 41.3. The van der Waals surface area contributed by atoms with Crippen molar-refractivity contribution < 1.29 is 14.4 Å². The molecule has 164 valence electrons. The number of hydrogen-bond acceptors (Lipinski definition) is 5. The Morgan fingerprint density at radius 3 is 2.44 bits per heavy atom. The molecule has 1 aliphatic rings. The molecule has 8 nitrogen and oxygen atoms in total. The van der Waals surface area contributed by atoms with Crippen LogP contribution < -0.4 is 4.90 Å². The predicted molar refractivity (Wildman–Crippen MR) is 120 cm³/mol. The normalized spacial score (nSPS) is 15.2. The second-order valence-corrected chi connectivity index (χ2v) is 8.26. The van der Waals surface area contributed by atoms with Gasteiger partial charge in [0.05, 0.1) is 23.6 Å². The van der Waals surface area contributed by atoms with Gasteiger partial charge in [-0.15, -0.1) is 5.10 Å². The van der Waals surface area contributed by atoms with E-state index in [9.17, 15) is 14.4 Å². The number of Topliss-reactive ketones (excluding diaryl/α,β-unsaturated/α-hetero) is 1. The van der Waals surface area contributed by atoms with Crippen molar-refractivity contribution in [1.29, 1.82) is 0 Å². The molecule has 0 aliphatic carbocycles. The Hall–Kier alpha value is -3.23. The minimum atomic E-state index is -0.719. The summed E-state index contributed by atoms with van der Waals surface area (Å²) in [5.74, 6) is -0.842. The fourth-order valence-corrected chi connectivity index (χ4v) is 4.01. The van der Waals surface area contributed by atoms with Gasteiger partial charge in [0.1, 0.15) is 13.1 Å². The zero-order chi connectivity index (χ0) is 22.8. The topological polar surface area (TPSA) is 88.4 Å². The van der Waals surface area contributed by atoms with Gasteiger partial charge >= 0.3 is 0 Å². The Morgan fingerprint density at radius 1 is 1.03 bits per heavy atom. The molecule has 2 amide bonds. The van der Waals surface area contributed by atoms with Crippen molar-refractivity contribution in [2.75, 3.05) is 18.0 Å². The lowest BCUT2D eigenvalue weighted by atomic mass is 10.0. The van der Waals surface area contributed by atoms with E-state index in [1.54, 1.807) is 18.2 Å². The standard InChI is InChI=1S/C22H19Cl2N5O3/c1-14(30)18(9-15-5-3-2-4-6-15)27-12-22(32)28(13-21(27)31)19-10-16(23)7-8-17(19)29-11-20(24)25-26-29/h2-8,10-11,18H,9,12-13H2,1H3. The van der Waals surface area contributed by atoms with Gasteiger partial charge in [-0.3, -0.25) is 19.3 Å². The molecule has 2 aromatic carbocycles. The molecule has 0 bridgehead atoms. The van der Waals surface area contributed by atoms with Crippen molar-refractivity contribution in [2.24, 2.45) is 0 Å². The number of halogens is 2. The van der Waals surface area contributed by atoms with E-state index in [1.165, 1.54) is 27.6 Å². The van der Waals surface area contributed by atoms with Crippen LogP contribution in [0.1, 0.15) is 12.5 Å². The largest absolute Gasteiger partial charge is 0.321 e. The second-order valence-electron chi connectivity index (χ2n) is 7.44. The van der Waals surface area contributed by atoms with E-state index in [0.717, 1.165) is 5.56 Å². The number of carbonyl (C=O) groups is 3. The smallest absolute Gasteiger partial charge is 0.247 e. The van der Waals surface area contributed by atoms with Crippen LogP contribution in [0.2, 0.25) is 10.2 Å².